The molecule has 0 unspecified atom stereocenters. The molecule has 1 atom stereocenters. The van der Waals surface area contributed by atoms with Gasteiger partial charge in [0, 0.05) is 19.0 Å². The zero-order valence-corrected chi connectivity index (χ0v) is 11.6. The maximum Gasteiger partial charge on any atom is 0.326 e. The molecule has 21 heavy (non-hydrogen) atoms. The highest BCUT2D eigenvalue weighted by atomic mass is 16.4. The van der Waals surface area contributed by atoms with E-state index in [-0.39, 0.29) is 12.5 Å². The third-order valence-electron chi connectivity index (χ3n) is 2.82. The van der Waals surface area contributed by atoms with E-state index in [1.54, 1.807) is 0 Å². The quantitative estimate of drug-likeness (QED) is 0.334. The molecule has 0 aromatic heterocycles. The molecule has 0 heterocycles. The Morgan fingerprint density at radius 2 is 1.90 bits per heavy atom. The van der Waals surface area contributed by atoms with Crippen LogP contribution >= 0.6 is 0 Å². The molecule has 1 fully saturated rings. The van der Waals surface area contributed by atoms with Crippen molar-refractivity contribution in [1.29, 1.82) is 0 Å². The number of amides is 4. The van der Waals surface area contributed by atoms with Gasteiger partial charge in [0.15, 0.2) is 0 Å². The second-order valence-electron chi connectivity index (χ2n) is 4.91. The molecule has 118 valence electrons. The first-order chi connectivity index (χ1) is 9.88. The lowest BCUT2D eigenvalue weighted by Gasteiger charge is -2.13. The Balaban J connectivity index is 2.15. The van der Waals surface area contributed by atoms with Crippen molar-refractivity contribution < 1.29 is 24.3 Å². The van der Waals surface area contributed by atoms with E-state index in [1.807, 2.05) is 0 Å². The predicted molar refractivity (Wildman–Crippen MR) is 72.2 cm³/mol. The van der Waals surface area contributed by atoms with Crippen LogP contribution in [0.4, 0.5) is 4.79 Å². The van der Waals surface area contributed by atoms with Crippen LogP contribution in [-0.2, 0) is 14.4 Å². The highest BCUT2D eigenvalue weighted by Crippen LogP contribution is 2.18. The average molecular weight is 300 g/mol. The molecule has 9 heteroatoms. The standard InChI is InChI=1S/C12H20N4O5/c13-9(17)6-8(11(19)20)16-12(21)14-5-1-2-10(18)15-7-3-4-7/h7-8H,1-6H2,(H2,13,17)(H,15,18)(H,19,20)(H2,14,16,21)/t8-/m0/s1. The highest BCUT2D eigenvalue weighted by Gasteiger charge is 2.23. The first-order valence-electron chi connectivity index (χ1n) is 6.73. The van der Waals surface area contributed by atoms with Crippen LogP contribution in [-0.4, -0.2) is 47.5 Å². The molecule has 0 radical (unpaired) electrons. The van der Waals surface area contributed by atoms with E-state index in [9.17, 15) is 19.2 Å². The van der Waals surface area contributed by atoms with Crippen molar-refractivity contribution in [3.63, 3.8) is 0 Å². The lowest BCUT2D eigenvalue weighted by atomic mass is 10.2. The largest absolute Gasteiger partial charge is 0.480 e. The van der Waals surface area contributed by atoms with E-state index in [2.05, 4.69) is 16.0 Å². The Bertz CT molecular complexity index is 422. The molecule has 0 aromatic carbocycles. The number of carboxylic acids is 1. The van der Waals surface area contributed by atoms with Gasteiger partial charge in [-0.25, -0.2) is 9.59 Å². The van der Waals surface area contributed by atoms with Crippen molar-refractivity contribution in [2.75, 3.05) is 6.54 Å². The monoisotopic (exact) mass is 300 g/mol. The fraction of sp³-hybridized carbons (Fsp3) is 0.667. The van der Waals surface area contributed by atoms with Crippen molar-refractivity contribution in [3.05, 3.63) is 0 Å². The summed E-state index contributed by atoms with van der Waals surface area (Å²) in [5, 5.41) is 16.2. The predicted octanol–water partition coefficient (Wildman–Crippen LogP) is -1.33. The summed E-state index contributed by atoms with van der Waals surface area (Å²) in [6, 6.07) is -1.77. The van der Waals surface area contributed by atoms with Crippen molar-refractivity contribution in [3.8, 4) is 0 Å². The Hall–Kier alpha value is -2.32. The Morgan fingerprint density at radius 1 is 1.24 bits per heavy atom. The van der Waals surface area contributed by atoms with Crippen LogP contribution in [0.1, 0.15) is 32.1 Å². The smallest absolute Gasteiger partial charge is 0.326 e. The second-order valence-corrected chi connectivity index (χ2v) is 4.91. The minimum atomic E-state index is -1.36. The van der Waals surface area contributed by atoms with Gasteiger partial charge in [0.1, 0.15) is 6.04 Å². The molecule has 1 saturated carbocycles. The summed E-state index contributed by atoms with van der Waals surface area (Å²) in [5.41, 5.74) is 4.89. The molecular weight excluding hydrogens is 280 g/mol. The number of hydrogen-bond acceptors (Lipinski definition) is 4. The van der Waals surface area contributed by atoms with E-state index in [1.165, 1.54) is 0 Å². The third kappa shape index (κ3) is 7.75. The third-order valence-corrected chi connectivity index (χ3v) is 2.82. The van der Waals surface area contributed by atoms with Crippen molar-refractivity contribution in [2.45, 2.75) is 44.2 Å². The molecule has 1 aliphatic rings. The topological polar surface area (TPSA) is 151 Å². The molecule has 1 rings (SSSR count). The fourth-order valence-corrected chi connectivity index (χ4v) is 1.59. The van der Waals surface area contributed by atoms with E-state index >= 15 is 0 Å². The van der Waals surface area contributed by atoms with Crippen molar-refractivity contribution >= 4 is 23.8 Å². The van der Waals surface area contributed by atoms with E-state index in [0.29, 0.717) is 18.9 Å². The van der Waals surface area contributed by atoms with Gasteiger partial charge in [0.2, 0.25) is 11.8 Å². The van der Waals surface area contributed by atoms with E-state index in [4.69, 9.17) is 10.8 Å². The number of hydrogen-bond donors (Lipinski definition) is 5. The van der Waals surface area contributed by atoms with E-state index in [0.717, 1.165) is 12.8 Å². The molecule has 0 spiro atoms. The first-order valence-corrected chi connectivity index (χ1v) is 6.73. The van der Waals surface area contributed by atoms with Crippen LogP contribution in [0.5, 0.6) is 0 Å². The molecule has 9 nitrogen and oxygen atoms in total. The lowest BCUT2D eigenvalue weighted by Crippen LogP contribution is -2.47. The Labute approximate surface area is 121 Å². The SMILES string of the molecule is NC(=O)C[C@H](NC(=O)NCCCC(=O)NC1CC1)C(=O)O. The molecule has 4 amide bonds. The number of nitrogens with one attached hydrogen (secondary N) is 3. The van der Waals surface area contributed by atoms with Crippen LogP contribution < -0.4 is 21.7 Å². The number of aliphatic carboxylic acids is 1. The maximum atomic E-state index is 11.4. The van der Waals surface area contributed by atoms with Crippen LogP contribution in [0.3, 0.4) is 0 Å². The number of nitrogens with two attached hydrogens (primary N) is 1. The number of carbonyl (C=O) groups is 4. The normalized spacial score (nSPS) is 14.9. The number of rotatable bonds is 9. The van der Waals surface area contributed by atoms with Gasteiger partial charge in [0.05, 0.1) is 6.42 Å². The van der Waals surface area contributed by atoms with Gasteiger partial charge < -0.3 is 26.8 Å². The van der Waals surface area contributed by atoms with Crippen LogP contribution in [0, 0.1) is 0 Å². The van der Waals surface area contributed by atoms with Crippen molar-refractivity contribution in [2.24, 2.45) is 5.73 Å². The molecule has 0 saturated heterocycles. The van der Waals surface area contributed by atoms with Gasteiger partial charge in [-0.15, -0.1) is 0 Å². The zero-order chi connectivity index (χ0) is 15.8. The van der Waals surface area contributed by atoms with E-state index < -0.39 is 30.4 Å². The molecule has 0 aliphatic heterocycles. The molecule has 0 bridgehead atoms. The second kappa shape index (κ2) is 8.08. The summed E-state index contributed by atoms with van der Waals surface area (Å²) >= 11 is 0. The van der Waals surface area contributed by atoms with Gasteiger partial charge >= 0.3 is 12.0 Å². The average Bonchev–Trinajstić information content (AvgIpc) is 3.17. The van der Waals surface area contributed by atoms with Gasteiger partial charge in [-0.2, -0.15) is 0 Å². The highest BCUT2D eigenvalue weighted by molar-refractivity contribution is 5.87. The molecule has 6 N–H and O–H groups in total. The van der Waals surface area contributed by atoms with Gasteiger partial charge in [-0.05, 0) is 19.3 Å². The molecule has 0 aromatic rings. The summed E-state index contributed by atoms with van der Waals surface area (Å²) in [4.78, 5) is 44.3. The van der Waals surface area contributed by atoms with Crippen molar-refractivity contribution in [1.82, 2.24) is 16.0 Å². The minimum absolute atomic E-state index is 0.0585. The number of primary amides is 1. The summed E-state index contributed by atoms with van der Waals surface area (Å²) < 4.78 is 0. The fourth-order valence-electron chi connectivity index (χ4n) is 1.59. The van der Waals surface area contributed by atoms with Crippen LogP contribution in [0.2, 0.25) is 0 Å². The summed E-state index contributed by atoms with van der Waals surface area (Å²) in [7, 11) is 0. The number of carboxylic acid groups (broad SMARTS) is 1. The Morgan fingerprint density at radius 3 is 2.43 bits per heavy atom. The molecular formula is C12H20N4O5. The zero-order valence-electron chi connectivity index (χ0n) is 11.6. The molecule has 1 aliphatic carbocycles. The first kappa shape index (κ1) is 16.7. The Kier molecular flexibility index (Phi) is 6.44. The number of urea groups is 1. The van der Waals surface area contributed by atoms with Crippen LogP contribution in [0.15, 0.2) is 0 Å². The van der Waals surface area contributed by atoms with Crippen LogP contribution in [0.25, 0.3) is 0 Å². The van der Waals surface area contributed by atoms with Gasteiger partial charge in [-0.3, -0.25) is 9.59 Å². The van der Waals surface area contributed by atoms with Gasteiger partial charge in [-0.1, -0.05) is 0 Å². The summed E-state index contributed by atoms with van der Waals surface area (Å²) in [6.07, 6.45) is 2.29. The summed E-state index contributed by atoms with van der Waals surface area (Å²) in [5.74, 6) is -2.22. The summed E-state index contributed by atoms with van der Waals surface area (Å²) in [6.45, 7) is 0.229. The number of carbonyl (C=O) groups excluding carboxylic acids is 3. The lowest BCUT2D eigenvalue weighted by molar-refractivity contribution is -0.140. The van der Waals surface area contributed by atoms with Gasteiger partial charge in [0.25, 0.3) is 0 Å². The maximum absolute atomic E-state index is 11.4. The minimum Gasteiger partial charge on any atom is -0.480 e.